The molecular formula is C14H13FN4O3. The molecular weight excluding hydrogens is 291 g/mol. The number of carbonyl (C=O) groups excluding carboxylic acids is 2. The molecule has 1 aliphatic heterocycles. The molecule has 22 heavy (non-hydrogen) atoms. The van der Waals surface area contributed by atoms with Gasteiger partial charge < -0.3 is 14.7 Å². The first-order chi connectivity index (χ1) is 10.6. The molecule has 0 saturated carbocycles. The van der Waals surface area contributed by atoms with E-state index in [-0.39, 0.29) is 24.3 Å². The second-order valence-electron chi connectivity index (χ2n) is 4.77. The normalized spacial score (nSPS) is 14.5. The van der Waals surface area contributed by atoms with Gasteiger partial charge in [0.05, 0.1) is 0 Å². The highest BCUT2D eigenvalue weighted by Gasteiger charge is 2.30. The largest absolute Gasteiger partial charge is 0.363 e. The van der Waals surface area contributed by atoms with E-state index in [1.165, 1.54) is 46.4 Å². The third kappa shape index (κ3) is 2.90. The number of halogens is 1. The molecule has 0 spiro atoms. The number of hydrogen-bond donors (Lipinski definition) is 1. The average Bonchev–Trinajstić information content (AvgIpc) is 3.11. The Bertz CT molecular complexity index is 672. The van der Waals surface area contributed by atoms with Crippen LogP contribution in [0, 0.1) is 5.82 Å². The van der Waals surface area contributed by atoms with Crippen LogP contribution in [0.25, 0.3) is 0 Å². The molecule has 0 bridgehead atoms. The molecule has 1 fully saturated rings. The number of carbonyl (C=O) groups is 2. The standard InChI is InChI=1S/C14H13FN4O3/c15-10-1-3-11(4-2-10)19-7-6-18(14(19)21)9-13(20)16-12-5-8-22-17-12/h1-5,8H,6-7,9H2,(H,16,17,20). The molecule has 114 valence electrons. The Hall–Kier alpha value is -2.90. The van der Waals surface area contributed by atoms with Crippen LogP contribution in [0.3, 0.4) is 0 Å². The second-order valence-corrected chi connectivity index (χ2v) is 4.77. The lowest BCUT2D eigenvalue weighted by Gasteiger charge is -2.18. The van der Waals surface area contributed by atoms with Crippen LogP contribution < -0.4 is 10.2 Å². The van der Waals surface area contributed by atoms with Crippen molar-refractivity contribution in [1.29, 1.82) is 0 Å². The Labute approximate surface area is 125 Å². The van der Waals surface area contributed by atoms with E-state index in [1.54, 1.807) is 0 Å². The molecule has 2 aromatic rings. The van der Waals surface area contributed by atoms with E-state index in [1.807, 2.05) is 0 Å². The number of rotatable bonds is 4. The van der Waals surface area contributed by atoms with Crippen LogP contribution in [0.1, 0.15) is 0 Å². The number of hydrogen-bond acceptors (Lipinski definition) is 4. The van der Waals surface area contributed by atoms with E-state index in [0.29, 0.717) is 24.6 Å². The fourth-order valence-corrected chi connectivity index (χ4v) is 2.22. The molecule has 1 aliphatic rings. The third-order valence-electron chi connectivity index (χ3n) is 3.27. The molecule has 1 N–H and O–H groups in total. The van der Waals surface area contributed by atoms with E-state index in [9.17, 15) is 14.0 Å². The van der Waals surface area contributed by atoms with Crippen molar-refractivity contribution in [3.8, 4) is 0 Å². The fraction of sp³-hybridized carbons (Fsp3) is 0.214. The summed E-state index contributed by atoms with van der Waals surface area (Å²) in [6.07, 6.45) is 1.34. The minimum absolute atomic E-state index is 0.0800. The number of urea groups is 1. The third-order valence-corrected chi connectivity index (χ3v) is 3.27. The zero-order valence-electron chi connectivity index (χ0n) is 11.5. The van der Waals surface area contributed by atoms with Gasteiger partial charge in [0.15, 0.2) is 5.82 Å². The fourth-order valence-electron chi connectivity index (χ4n) is 2.22. The Morgan fingerprint density at radius 2 is 2.05 bits per heavy atom. The Balaban J connectivity index is 1.61. The van der Waals surface area contributed by atoms with Gasteiger partial charge in [-0.2, -0.15) is 0 Å². The maximum atomic E-state index is 12.9. The van der Waals surface area contributed by atoms with Gasteiger partial charge in [0.2, 0.25) is 5.91 Å². The summed E-state index contributed by atoms with van der Waals surface area (Å²) in [5.41, 5.74) is 0.603. The molecule has 1 aromatic heterocycles. The smallest absolute Gasteiger partial charge is 0.325 e. The molecule has 8 heteroatoms. The molecule has 1 aromatic carbocycles. The van der Waals surface area contributed by atoms with E-state index in [4.69, 9.17) is 0 Å². The van der Waals surface area contributed by atoms with Crippen molar-refractivity contribution < 1.29 is 18.5 Å². The minimum atomic E-state index is -0.362. The Kier molecular flexibility index (Phi) is 3.73. The minimum Gasteiger partial charge on any atom is -0.363 e. The summed E-state index contributed by atoms with van der Waals surface area (Å²) in [5, 5.41) is 6.09. The van der Waals surface area contributed by atoms with E-state index < -0.39 is 0 Å². The van der Waals surface area contributed by atoms with Gasteiger partial charge in [-0.25, -0.2) is 9.18 Å². The number of amides is 3. The van der Waals surface area contributed by atoms with E-state index in [2.05, 4.69) is 15.0 Å². The molecule has 0 aliphatic carbocycles. The van der Waals surface area contributed by atoms with Gasteiger partial charge in [0.25, 0.3) is 0 Å². The summed E-state index contributed by atoms with van der Waals surface area (Å²) >= 11 is 0. The molecule has 3 rings (SSSR count). The molecule has 0 atom stereocenters. The van der Waals surface area contributed by atoms with Crippen LogP contribution in [0.5, 0.6) is 0 Å². The molecule has 1 saturated heterocycles. The van der Waals surface area contributed by atoms with Crippen LogP contribution >= 0.6 is 0 Å². The predicted molar refractivity (Wildman–Crippen MR) is 75.8 cm³/mol. The first-order valence-corrected chi connectivity index (χ1v) is 6.66. The van der Waals surface area contributed by atoms with Crippen LogP contribution in [-0.2, 0) is 4.79 Å². The summed E-state index contributed by atoms with van der Waals surface area (Å²) in [5.74, 6) is -0.422. The number of nitrogens with one attached hydrogen (secondary N) is 1. The van der Waals surface area contributed by atoms with Crippen molar-refractivity contribution >= 4 is 23.4 Å². The van der Waals surface area contributed by atoms with Gasteiger partial charge in [-0.05, 0) is 24.3 Å². The van der Waals surface area contributed by atoms with Gasteiger partial charge in [-0.15, -0.1) is 0 Å². The molecule has 0 unspecified atom stereocenters. The van der Waals surface area contributed by atoms with Gasteiger partial charge in [0, 0.05) is 24.8 Å². The molecule has 2 heterocycles. The summed E-state index contributed by atoms with van der Waals surface area (Å²) in [4.78, 5) is 27.0. The summed E-state index contributed by atoms with van der Waals surface area (Å²) in [7, 11) is 0. The zero-order chi connectivity index (χ0) is 15.5. The lowest BCUT2D eigenvalue weighted by atomic mass is 10.3. The molecule has 3 amide bonds. The van der Waals surface area contributed by atoms with Crippen molar-refractivity contribution in [3.63, 3.8) is 0 Å². The van der Waals surface area contributed by atoms with Gasteiger partial charge in [0.1, 0.15) is 18.6 Å². The first kappa shape index (κ1) is 14.1. The van der Waals surface area contributed by atoms with E-state index in [0.717, 1.165) is 0 Å². The predicted octanol–water partition coefficient (Wildman–Crippen LogP) is 1.69. The number of benzene rings is 1. The van der Waals surface area contributed by atoms with Crippen molar-refractivity contribution in [2.24, 2.45) is 0 Å². The quantitative estimate of drug-likeness (QED) is 0.932. The maximum absolute atomic E-state index is 12.9. The SMILES string of the molecule is O=C(CN1CCN(c2ccc(F)cc2)C1=O)Nc1ccon1. The lowest BCUT2D eigenvalue weighted by Crippen LogP contribution is -2.37. The van der Waals surface area contributed by atoms with Gasteiger partial charge in [-0.3, -0.25) is 9.69 Å². The lowest BCUT2D eigenvalue weighted by molar-refractivity contribution is -0.116. The Morgan fingerprint density at radius 3 is 2.73 bits per heavy atom. The second kappa shape index (κ2) is 5.84. The van der Waals surface area contributed by atoms with Crippen molar-refractivity contribution in [2.75, 3.05) is 29.9 Å². The summed E-state index contributed by atoms with van der Waals surface area (Å²) in [6.45, 7) is 0.785. The number of anilines is 2. The van der Waals surface area contributed by atoms with Crippen molar-refractivity contribution in [2.45, 2.75) is 0 Å². The molecule has 7 nitrogen and oxygen atoms in total. The summed E-state index contributed by atoms with van der Waals surface area (Å²) in [6, 6.07) is 6.87. The zero-order valence-corrected chi connectivity index (χ0v) is 11.5. The highest BCUT2D eigenvalue weighted by molar-refractivity contribution is 5.99. The Morgan fingerprint density at radius 1 is 1.27 bits per heavy atom. The first-order valence-electron chi connectivity index (χ1n) is 6.66. The highest BCUT2D eigenvalue weighted by atomic mass is 19.1. The topological polar surface area (TPSA) is 78.7 Å². The van der Waals surface area contributed by atoms with E-state index >= 15 is 0 Å². The molecule has 0 radical (unpaired) electrons. The van der Waals surface area contributed by atoms with Crippen LogP contribution in [0.4, 0.5) is 20.7 Å². The van der Waals surface area contributed by atoms with Crippen LogP contribution in [0.15, 0.2) is 41.1 Å². The summed E-state index contributed by atoms with van der Waals surface area (Å²) < 4.78 is 17.5. The van der Waals surface area contributed by atoms with Crippen LogP contribution in [-0.4, -0.2) is 41.6 Å². The monoisotopic (exact) mass is 304 g/mol. The van der Waals surface area contributed by atoms with Crippen LogP contribution in [0.2, 0.25) is 0 Å². The van der Waals surface area contributed by atoms with Crippen molar-refractivity contribution in [1.82, 2.24) is 10.1 Å². The number of nitrogens with zero attached hydrogens (tertiary/aromatic N) is 3. The highest BCUT2D eigenvalue weighted by Crippen LogP contribution is 2.20. The maximum Gasteiger partial charge on any atom is 0.325 e. The number of aromatic nitrogens is 1. The van der Waals surface area contributed by atoms with Gasteiger partial charge in [-0.1, -0.05) is 5.16 Å². The van der Waals surface area contributed by atoms with Gasteiger partial charge >= 0.3 is 6.03 Å². The average molecular weight is 304 g/mol. The van der Waals surface area contributed by atoms with Crippen molar-refractivity contribution in [3.05, 3.63) is 42.4 Å².